The van der Waals surface area contributed by atoms with Gasteiger partial charge in [-0.1, -0.05) is 13.0 Å². The summed E-state index contributed by atoms with van der Waals surface area (Å²) in [7, 11) is 0. The summed E-state index contributed by atoms with van der Waals surface area (Å²) < 4.78 is 5.70. The van der Waals surface area contributed by atoms with Crippen LogP contribution in [0.4, 0.5) is 0 Å². The lowest BCUT2D eigenvalue weighted by Crippen LogP contribution is -1.91. The number of fused-ring (bicyclic) bond motifs is 1. The molecular weight excluding hydrogens is 238 g/mol. The zero-order valence-electron chi connectivity index (χ0n) is 10.7. The molecule has 3 heteroatoms. The van der Waals surface area contributed by atoms with Gasteiger partial charge in [0.15, 0.2) is 0 Å². The molecule has 0 radical (unpaired) electrons. The molecule has 0 spiro atoms. The number of pyridine rings is 1. The first kappa shape index (κ1) is 11.9. The van der Waals surface area contributed by atoms with E-state index in [1.807, 2.05) is 49.4 Å². The maximum Gasteiger partial charge on any atom is 0.134 e. The van der Waals surface area contributed by atoms with Crippen molar-refractivity contribution in [1.82, 2.24) is 4.98 Å². The summed E-state index contributed by atoms with van der Waals surface area (Å²) in [5.74, 6) is 1.39. The van der Waals surface area contributed by atoms with Crippen molar-refractivity contribution < 1.29 is 9.52 Å². The second-order valence-electron chi connectivity index (χ2n) is 4.54. The number of rotatable bonds is 3. The van der Waals surface area contributed by atoms with E-state index in [0.29, 0.717) is 12.2 Å². The standard InChI is InChI=1S/C16H15NO2/c1-2-14(18)16-8-7-15(19-16)12-5-6-13-11(10-12)4-3-9-17-13/h3-10,14,18H,2H2,1H3. The molecule has 0 aliphatic rings. The molecule has 0 aliphatic carbocycles. The molecule has 0 amide bonds. The van der Waals surface area contributed by atoms with Crippen molar-refractivity contribution in [3.8, 4) is 11.3 Å². The summed E-state index contributed by atoms with van der Waals surface area (Å²) in [5.41, 5.74) is 1.96. The van der Waals surface area contributed by atoms with Gasteiger partial charge in [-0.25, -0.2) is 0 Å². The van der Waals surface area contributed by atoms with E-state index < -0.39 is 6.10 Å². The van der Waals surface area contributed by atoms with Crippen LogP contribution in [-0.4, -0.2) is 10.1 Å². The van der Waals surface area contributed by atoms with Crippen LogP contribution in [0.15, 0.2) is 53.1 Å². The molecule has 0 bridgehead atoms. The van der Waals surface area contributed by atoms with Gasteiger partial charge in [0.05, 0.1) is 5.52 Å². The third-order valence-corrected chi connectivity index (χ3v) is 3.23. The maximum absolute atomic E-state index is 9.76. The molecule has 3 aromatic rings. The average Bonchev–Trinajstić information content (AvgIpc) is 2.95. The Morgan fingerprint density at radius 3 is 2.95 bits per heavy atom. The molecule has 0 fully saturated rings. The van der Waals surface area contributed by atoms with Crippen molar-refractivity contribution in [2.24, 2.45) is 0 Å². The van der Waals surface area contributed by atoms with Crippen molar-refractivity contribution in [3.05, 3.63) is 54.4 Å². The van der Waals surface area contributed by atoms with Gasteiger partial charge in [-0.3, -0.25) is 4.98 Å². The summed E-state index contributed by atoms with van der Waals surface area (Å²) in [4.78, 5) is 4.29. The van der Waals surface area contributed by atoms with Gasteiger partial charge in [-0.05, 0) is 42.8 Å². The molecule has 2 heterocycles. The first-order chi connectivity index (χ1) is 9.28. The Morgan fingerprint density at radius 2 is 2.11 bits per heavy atom. The highest BCUT2D eigenvalue weighted by atomic mass is 16.4. The Bertz CT molecular complexity index is 703. The van der Waals surface area contributed by atoms with Crippen molar-refractivity contribution in [2.75, 3.05) is 0 Å². The highest BCUT2D eigenvalue weighted by Crippen LogP contribution is 2.28. The number of aliphatic hydroxyl groups excluding tert-OH is 1. The fourth-order valence-corrected chi connectivity index (χ4v) is 2.12. The highest BCUT2D eigenvalue weighted by Gasteiger charge is 2.11. The zero-order valence-corrected chi connectivity index (χ0v) is 10.7. The first-order valence-electron chi connectivity index (χ1n) is 6.41. The first-order valence-corrected chi connectivity index (χ1v) is 6.41. The maximum atomic E-state index is 9.76. The number of aromatic nitrogens is 1. The number of aliphatic hydroxyl groups is 1. The van der Waals surface area contributed by atoms with Crippen LogP contribution >= 0.6 is 0 Å². The lowest BCUT2D eigenvalue weighted by atomic mass is 10.1. The lowest BCUT2D eigenvalue weighted by molar-refractivity contribution is 0.147. The lowest BCUT2D eigenvalue weighted by Gasteiger charge is -2.03. The largest absolute Gasteiger partial charge is 0.458 e. The van der Waals surface area contributed by atoms with Gasteiger partial charge in [-0.2, -0.15) is 0 Å². The van der Waals surface area contributed by atoms with Crippen LogP contribution in [0.2, 0.25) is 0 Å². The molecule has 0 saturated heterocycles. The predicted octanol–water partition coefficient (Wildman–Crippen LogP) is 3.94. The van der Waals surface area contributed by atoms with Gasteiger partial charge in [0.25, 0.3) is 0 Å². The third-order valence-electron chi connectivity index (χ3n) is 3.23. The minimum Gasteiger partial charge on any atom is -0.458 e. The minimum absolute atomic E-state index is 0.532. The molecule has 0 aliphatic heterocycles. The van der Waals surface area contributed by atoms with Crippen LogP contribution in [0, 0.1) is 0 Å². The molecule has 96 valence electrons. The number of hydrogen-bond acceptors (Lipinski definition) is 3. The van der Waals surface area contributed by atoms with Crippen LogP contribution < -0.4 is 0 Å². The Balaban J connectivity index is 2.01. The van der Waals surface area contributed by atoms with Crippen molar-refractivity contribution in [3.63, 3.8) is 0 Å². The van der Waals surface area contributed by atoms with E-state index in [2.05, 4.69) is 4.98 Å². The number of nitrogens with zero attached hydrogens (tertiary/aromatic N) is 1. The molecule has 2 aromatic heterocycles. The second kappa shape index (κ2) is 4.86. The third kappa shape index (κ3) is 2.25. The van der Waals surface area contributed by atoms with Gasteiger partial charge in [-0.15, -0.1) is 0 Å². The molecule has 1 aromatic carbocycles. The summed E-state index contributed by atoms with van der Waals surface area (Å²) in [6, 6.07) is 13.7. The number of furan rings is 1. The van der Waals surface area contributed by atoms with Gasteiger partial charge in [0.1, 0.15) is 17.6 Å². The Labute approximate surface area is 111 Å². The average molecular weight is 253 g/mol. The molecular formula is C16H15NO2. The van der Waals surface area contributed by atoms with Crippen LogP contribution in [0.1, 0.15) is 25.2 Å². The summed E-state index contributed by atoms with van der Waals surface area (Å²) in [6.07, 6.45) is 1.90. The molecule has 1 N–H and O–H groups in total. The Hall–Kier alpha value is -2.13. The van der Waals surface area contributed by atoms with Gasteiger partial charge >= 0.3 is 0 Å². The topological polar surface area (TPSA) is 46.3 Å². The fraction of sp³-hybridized carbons (Fsp3) is 0.188. The zero-order chi connectivity index (χ0) is 13.2. The van der Waals surface area contributed by atoms with E-state index >= 15 is 0 Å². The van der Waals surface area contributed by atoms with E-state index in [9.17, 15) is 5.11 Å². The summed E-state index contributed by atoms with van der Waals surface area (Å²) >= 11 is 0. The molecule has 1 unspecified atom stereocenters. The monoisotopic (exact) mass is 253 g/mol. The summed E-state index contributed by atoms with van der Waals surface area (Å²) in [5, 5.41) is 10.8. The quantitative estimate of drug-likeness (QED) is 0.769. The SMILES string of the molecule is CCC(O)c1ccc(-c2ccc3ncccc3c2)o1. The van der Waals surface area contributed by atoms with Gasteiger partial charge in [0.2, 0.25) is 0 Å². The van der Waals surface area contributed by atoms with Crippen molar-refractivity contribution >= 4 is 10.9 Å². The molecule has 3 nitrogen and oxygen atoms in total. The summed E-state index contributed by atoms with van der Waals surface area (Å²) in [6.45, 7) is 1.93. The predicted molar refractivity (Wildman–Crippen MR) is 74.7 cm³/mol. The minimum atomic E-state index is -0.532. The Kier molecular flexibility index (Phi) is 3.05. The van der Waals surface area contributed by atoms with Crippen molar-refractivity contribution in [2.45, 2.75) is 19.4 Å². The van der Waals surface area contributed by atoms with Crippen LogP contribution in [-0.2, 0) is 0 Å². The highest BCUT2D eigenvalue weighted by molar-refractivity contribution is 5.83. The normalized spacial score (nSPS) is 12.7. The van der Waals surface area contributed by atoms with E-state index in [-0.39, 0.29) is 0 Å². The number of hydrogen-bond donors (Lipinski definition) is 1. The molecule has 19 heavy (non-hydrogen) atoms. The van der Waals surface area contributed by atoms with Crippen LogP contribution in [0.25, 0.3) is 22.2 Å². The van der Waals surface area contributed by atoms with E-state index in [0.717, 1.165) is 22.2 Å². The smallest absolute Gasteiger partial charge is 0.134 e. The van der Waals surface area contributed by atoms with Gasteiger partial charge in [0, 0.05) is 17.1 Å². The van der Waals surface area contributed by atoms with Crippen molar-refractivity contribution in [1.29, 1.82) is 0 Å². The molecule has 1 atom stereocenters. The molecule has 0 saturated carbocycles. The van der Waals surface area contributed by atoms with Crippen LogP contribution in [0.5, 0.6) is 0 Å². The second-order valence-corrected chi connectivity index (χ2v) is 4.54. The van der Waals surface area contributed by atoms with E-state index in [1.54, 1.807) is 6.20 Å². The number of benzene rings is 1. The Morgan fingerprint density at radius 1 is 1.21 bits per heavy atom. The van der Waals surface area contributed by atoms with Crippen LogP contribution in [0.3, 0.4) is 0 Å². The fourth-order valence-electron chi connectivity index (χ4n) is 2.12. The van der Waals surface area contributed by atoms with E-state index in [4.69, 9.17) is 4.42 Å². The van der Waals surface area contributed by atoms with Gasteiger partial charge < -0.3 is 9.52 Å². The van der Waals surface area contributed by atoms with E-state index in [1.165, 1.54) is 0 Å². The molecule has 3 rings (SSSR count).